The van der Waals surface area contributed by atoms with Crippen molar-refractivity contribution in [2.45, 2.75) is 6.92 Å². The molecule has 0 unspecified atom stereocenters. The third-order valence-corrected chi connectivity index (χ3v) is 4.03. The van der Waals surface area contributed by atoms with Gasteiger partial charge in [0, 0.05) is 37.7 Å². The second kappa shape index (κ2) is 8.17. The number of hydrogen-bond acceptors (Lipinski definition) is 4. The summed E-state index contributed by atoms with van der Waals surface area (Å²) in [6, 6.07) is 5.02. The summed E-state index contributed by atoms with van der Waals surface area (Å²) < 4.78 is 5.24. The largest absolute Gasteiger partial charge is 0.496 e. The lowest BCUT2D eigenvalue weighted by atomic mass is 10.1. The number of benzene rings is 1. The van der Waals surface area contributed by atoms with Gasteiger partial charge < -0.3 is 15.0 Å². The fourth-order valence-corrected chi connectivity index (χ4v) is 2.76. The molecule has 0 saturated carbocycles. The maximum Gasteiger partial charge on any atom is 0.257 e. The van der Waals surface area contributed by atoms with Gasteiger partial charge in [0.15, 0.2) is 0 Å². The van der Waals surface area contributed by atoms with E-state index in [-0.39, 0.29) is 11.8 Å². The normalized spacial score (nSPS) is 15.3. The Morgan fingerprint density at radius 3 is 2.57 bits per heavy atom. The smallest absolute Gasteiger partial charge is 0.257 e. The first-order valence-electron chi connectivity index (χ1n) is 7.67. The molecule has 0 aromatic heterocycles. The summed E-state index contributed by atoms with van der Waals surface area (Å²) in [5, 5.41) is 3.29. The molecule has 0 aliphatic carbocycles. The molecule has 2 rings (SSSR count). The van der Waals surface area contributed by atoms with E-state index in [0.29, 0.717) is 55.6 Å². The van der Waals surface area contributed by atoms with Crippen molar-refractivity contribution in [3.05, 3.63) is 28.8 Å². The van der Waals surface area contributed by atoms with Gasteiger partial charge in [-0.2, -0.15) is 0 Å². The van der Waals surface area contributed by atoms with Crippen LogP contribution in [0.15, 0.2) is 18.2 Å². The van der Waals surface area contributed by atoms with Crippen molar-refractivity contribution in [1.82, 2.24) is 15.1 Å². The highest BCUT2D eigenvalue weighted by molar-refractivity contribution is 6.31. The monoisotopic (exact) mass is 339 g/mol. The summed E-state index contributed by atoms with van der Waals surface area (Å²) >= 11 is 5.99. The molecular formula is C16H22ClN3O3. The van der Waals surface area contributed by atoms with Gasteiger partial charge >= 0.3 is 0 Å². The lowest BCUT2D eigenvalue weighted by Gasteiger charge is -2.34. The molecule has 2 amide bonds. The number of likely N-dealkylation sites (N-methyl/N-ethyl adjacent to an activating group) is 1. The molecule has 0 spiro atoms. The third kappa shape index (κ3) is 4.59. The Labute approximate surface area is 141 Å². The van der Waals surface area contributed by atoms with Crippen LogP contribution in [-0.4, -0.2) is 68.0 Å². The molecule has 1 aliphatic rings. The van der Waals surface area contributed by atoms with Crippen LogP contribution in [0.25, 0.3) is 0 Å². The highest BCUT2D eigenvalue weighted by Crippen LogP contribution is 2.24. The minimum atomic E-state index is -0.0954. The molecule has 1 aromatic rings. The molecule has 1 saturated heterocycles. The van der Waals surface area contributed by atoms with Crippen LogP contribution in [0.4, 0.5) is 0 Å². The molecule has 1 aromatic carbocycles. The number of ether oxygens (including phenoxy) is 1. The average Bonchev–Trinajstić information content (AvgIpc) is 2.55. The predicted octanol–water partition coefficient (Wildman–Crippen LogP) is 1.24. The Morgan fingerprint density at radius 1 is 1.26 bits per heavy atom. The second-order valence-electron chi connectivity index (χ2n) is 5.37. The molecule has 126 valence electrons. The quantitative estimate of drug-likeness (QED) is 0.877. The zero-order valence-corrected chi connectivity index (χ0v) is 14.2. The molecule has 6 nitrogen and oxygen atoms in total. The highest BCUT2D eigenvalue weighted by Gasteiger charge is 2.25. The van der Waals surface area contributed by atoms with Crippen LogP contribution in [0, 0.1) is 0 Å². The minimum Gasteiger partial charge on any atom is -0.496 e. The molecule has 7 heteroatoms. The SMILES string of the molecule is CCNC(=O)CN1CCN(C(=O)c2cc(Cl)ccc2OC)CC1. The number of methoxy groups -OCH3 is 1. The maximum atomic E-state index is 12.7. The van der Waals surface area contributed by atoms with Gasteiger partial charge in [-0.3, -0.25) is 14.5 Å². The van der Waals surface area contributed by atoms with E-state index in [1.807, 2.05) is 11.8 Å². The van der Waals surface area contributed by atoms with Gasteiger partial charge in [-0.15, -0.1) is 0 Å². The summed E-state index contributed by atoms with van der Waals surface area (Å²) in [4.78, 5) is 28.1. The summed E-state index contributed by atoms with van der Waals surface area (Å²) in [6.07, 6.45) is 0. The number of carbonyl (C=O) groups is 2. The first-order chi connectivity index (χ1) is 11.0. The van der Waals surface area contributed by atoms with E-state index in [4.69, 9.17) is 16.3 Å². The lowest BCUT2D eigenvalue weighted by Crippen LogP contribution is -2.51. The Bertz CT molecular complexity index is 572. The van der Waals surface area contributed by atoms with Crippen LogP contribution >= 0.6 is 11.6 Å². The van der Waals surface area contributed by atoms with Crippen LogP contribution in [0.5, 0.6) is 5.75 Å². The van der Waals surface area contributed by atoms with Crippen molar-refractivity contribution < 1.29 is 14.3 Å². The van der Waals surface area contributed by atoms with Gasteiger partial charge in [-0.1, -0.05) is 11.6 Å². The summed E-state index contributed by atoms with van der Waals surface area (Å²) in [6.45, 7) is 5.40. The van der Waals surface area contributed by atoms with Gasteiger partial charge in [0.1, 0.15) is 5.75 Å². The Hall–Kier alpha value is -1.79. The zero-order chi connectivity index (χ0) is 16.8. The molecule has 1 N–H and O–H groups in total. The summed E-state index contributed by atoms with van der Waals surface area (Å²) in [5.74, 6) is 0.440. The fraction of sp³-hybridized carbons (Fsp3) is 0.500. The van der Waals surface area contributed by atoms with Crippen molar-refractivity contribution in [1.29, 1.82) is 0 Å². The first-order valence-corrected chi connectivity index (χ1v) is 8.04. The number of hydrogen-bond donors (Lipinski definition) is 1. The van der Waals surface area contributed by atoms with Crippen LogP contribution in [0.1, 0.15) is 17.3 Å². The molecular weight excluding hydrogens is 318 g/mol. The van der Waals surface area contributed by atoms with Crippen molar-refractivity contribution in [2.75, 3.05) is 46.4 Å². The number of piperazine rings is 1. The molecule has 1 aliphatic heterocycles. The van der Waals surface area contributed by atoms with E-state index < -0.39 is 0 Å². The maximum absolute atomic E-state index is 12.7. The standard InChI is InChI=1S/C16H22ClN3O3/c1-3-18-15(21)11-19-6-8-20(9-7-19)16(22)13-10-12(17)4-5-14(13)23-2/h4-5,10H,3,6-9,11H2,1-2H3,(H,18,21). The Kier molecular flexibility index (Phi) is 6.24. The molecule has 1 heterocycles. The van der Waals surface area contributed by atoms with Gasteiger partial charge in [0.2, 0.25) is 5.91 Å². The Balaban J connectivity index is 1.96. The van der Waals surface area contributed by atoms with Crippen LogP contribution in [0.2, 0.25) is 5.02 Å². The van der Waals surface area contributed by atoms with E-state index in [1.165, 1.54) is 7.11 Å². The number of halogens is 1. The first kappa shape index (κ1) is 17.6. The van der Waals surface area contributed by atoms with Gasteiger partial charge in [-0.25, -0.2) is 0 Å². The number of rotatable bonds is 5. The molecule has 0 radical (unpaired) electrons. The number of carbonyl (C=O) groups excluding carboxylic acids is 2. The van der Waals surface area contributed by atoms with Crippen molar-refractivity contribution in [3.63, 3.8) is 0 Å². The topological polar surface area (TPSA) is 61.9 Å². The average molecular weight is 340 g/mol. The number of nitrogens with one attached hydrogen (secondary N) is 1. The summed E-state index contributed by atoms with van der Waals surface area (Å²) in [5.41, 5.74) is 0.470. The predicted molar refractivity (Wildman–Crippen MR) is 89.0 cm³/mol. The molecule has 1 fully saturated rings. The highest BCUT2D eigenvalue weighted by atomic mass is 35.5. The van der Waals surface area contributed by atoms with Crippen molar-refractivity contribution in [3.8, 4) is 5.75 Å². The van der Waals surface area contributed by atoms with E-state index in [0.717, 1.165) is 0 Å². The van der Waals surface area contributed by atoms with Gasteiger partial charge in [0.25, 0.3) is 5.91 Å². The van der Waals surface area contributed by atoms with Crippen LogP contribution < -0.4 is 10.1 Å². The molecule has 0 bridgehead atoms. The minimum absolute atomic E-state index is 0.0174. The zero-order valence-electron chi connectivity index (χ0n) is 13.5. The molecule has 0 atom stereocenters. The molecule has 23 heavy (non-hydrogen) atoms. The van der Waals surface area contributed by atoms with E-state index >= 15 is 0 Å². The van der Waals surface area contributed by atoms with Gasteiger partial charge in [-0.05, 0) is 25.1 Å². The summed E-state index contributed by atoms with van der Waals surface area (Å²) in [7, 11) is 1.53. The Morgan fingerprint density at radius 2 is 1.96 bits per heavy atom. The number of amides is 2. The lowest BCUT2D eigenvalue weighted by molar-refractivity contribution is -0.122. The van der Waals surface area contributed by atoms with E-state index in [2.05, 4.69) is 5.32 Å². The van der Waals surface area contributed by atoms with Crippen LogP contribution in [0.3, 0.4) is 0 Å². The van der Waals surface area contributed by atoms with E-state index in [1.54, 1.807) is 23.1 Å². The van der Waals surface area contributed by atoms with Crippen LogP contribution in [-0.2, 0) is 4.79 Å². The third-order valence-electron chi connectivity index (χ3n) is 3.79. The van der Waals surface area contributed by atoms with Crippen molar-refractivity contribution >= 4 is 23.4 Å². The van der Waals surface area contributed by atoms with Gasteiger partial charge in [0.05, 0.1) is 19.2 Å². The second-order valence-corrected chi connectivity index (χ2v) is 5.80. The van der Waals surface area contributed by atoms with E-state index in [9.17, 15) is 9.59 Å². The van der Waals surface area contributed by atoms with Crippen molar-refractivity contribution in [2.24, 2.45) is 0 Å². The fourth-order valence-electron chi connectivity index (χ4n) is 2.58. The number of nitrogens with zero attached hydrogens (tertiary/aromatic N) is 2.